The number of halogens is 1. The molecule has 2 amide bonds. The van der Waals surface area contributed by atoms with Crippen molar-refractivity contribution in [3.63, 3.8) is 0 Å². The van der Waals surface area contributed by atoms with Crippen molar-refractivity contribution in [3.05, 3.63) is 50.1 Å². The molecule has 2 N–H and O–H groups in total. The Morgan fingerprint density at radius 3 is 2.55 bits per heavy atom. The van der Waals surface area contributed by atoms with Crippen molar-refractivity contribution in [3.8, 4) is 0 Å². The van der Waals surface area contributed by atoms with Gasteiger partial charge >= 0.3 is 0 Å². The van der Waals surface area contributed by atoms with Gasteiger partial charge in [0.15, 0.2) is 0 Å². The van der Waals surface area contributed by atoms with Gasteiger partial charge in [-0.1, -0.05) is 12.1 Å². The van der Waals surface area contributed by atoms with Crippen LogP contribution in [0.5, 0.6) is 0 Å². The number of hydrogen-bond acceptors (Lipinski definition) is 3. The molecule has 0 aliphatic carbocycles. The van der Waals surface area contributed by atoms with Crippen LogP contribution in [0.2, 0.25) is 0 Å². The third kappa shape index (κ3) is 3.96. The van der Waals surface area contributed by atoms with Crippen LogP contribution in [0.1, 0.15) is 27.7 Å². The zero-order valence-corrected chi connectivity index (χ0v) is 15.0. The zero-order valence-electron chi connectivity index (χ0n) is 12.6. The summed E-state index contributed by atoms with van der Waals surface area (Å²) in [5.74, 6) is -0.489. The normalized spacial score (nSPS) is 11.8. The van der Waals surface area contributed by atoms with E-state index in [0.29, 0.717) is 4.88 Å². The molecule has 6 heteroatoms. The predicted octanol–water partition coefficient (Wildman–Crippen LogP) is 3.88. The highest BCUT2D eigenvalue weighted by Crippen LogP contribution is 2.22. The summed E-state index contributed by atoms with van der Waals surface area (Å²) in [5, 5.41) is 5.56. The number of anilines is 1. The van der Waals surface area contributed by atoms with Gasteiger partial charge in [-0.05, 0) is 66.0 Å². The van der Waals surface area contributed by atoms with Gasteiger partial charge in [0.05, 0.1) is 8.66 Å². The van der Waals surface area contributed by atoms with Crippen molar-refractivity contribution < 1.29 is 9.59 Å². The first kappa shape index (κ1) is 16.7. The summed E-state index contributed by atoms with van der Waals surface area (Å²) in [7, 11) is 0. The largest absolute Gasteiger partial charge is 0.340 e. The van der Waals surface area contributed by atoms with Crippen molar-refractivity contribution in [1.82, 2.24) is 5.32 Å². The van der Waals surface area contributed by atoms with E-state index in [0.717, 1.165) is 20.6 Å². The molecular weight excluding hydrogens is 364 g/mol. The molecule has 2 aromatic rings. The minimum absolute atomic E-state index is 0.238. The molecule has 4 nitrogen and oxygen atoms in total. The predicted molar refractivity (Wildman–Crippen MR) is 93.5 cm³/mol. The Kier molecular flexibility index (Phi) is 5.37. The molecule has 0 bridgehead atoms. The maximum absolute atomic E-state index is 12.2. The molecule has 116 valence electrons. The molecule has 0 radical (unpaired) electrons. The summed E-state index contributed by atoms with van der Waals surface area (Å²) in [4.78, 5) is 24.8. The SMILES string of the molecule is Cc1cccc(NC(=O)C(C)NC(=O)c2ccc(Br)s2)c1C. The quantitative estimate of drug-likeness (QED) is 0.845. The lowest BCUT2D eigenvalue weighted by Crippen LogP contribution is -2.41. The number of benzene rings is 1. The highest BCUT2D eigenvalue weighted by atomic mass is 79.9. The van der Waals surface area contributed by atoms with E-state index >= 15 is 0 Å². The Hall–Kier alpha value is -1.66. The van der Waals surface area contributed by atoms with E-state index in [1.54, 1.807) is 19.1 Å². The molecule has 1 unspecified atom stereocenters. The fourth-order valence-electron chi connectivity index (χ4n) is 1.90. The van der Waals surface area contributed by atoms with Gasteiger partial charge in [0.25, 0.3) is 5.91 Å². The van der Waals surface area contributed by atoms with Gasteiger partial charge in [-0.3, -0.25) is 9.59 Å². The molecule has 0 saturated heterocycles. The average Bonchev–Trinajstić information content (AvgIpc) is 2.90. The molecule has 0 fully saturated rings. The Morgan fingerprint density at radius 1 is 1.18 bits per heavy atom. The molecule has 0 saturated carbocycles. The first-order chi connectivity index (χ1) is 10.4. The summed E-state index contributed by atoms with van der Waals surface area (Å²) >= 11 is 4.64. The maximum atomic E-state index is 12.2. The van der Waals surface area contributed by atoms with E-state index in [2.05, 4.69) is 26.6 Å². The Balaban J connectivity index is 2.00. The number of thiophene rings is 1. The van der Waals surface area contributed by atoms with Crippen LogP contribution in [0.15, 0.2) is 34.1 Å². The second-order valence-corrected chi connectivity index (χ2v) is 7.50. The third-order valence-electron chi connectivity index (χ3n) is 3.40. The molecule has 22 heavy (non-hydrogen) atoms. The Morgan fingerprint density at radius 2 is 1.91 bits per heavy atom. The lowest BCUT2D eigenvalue weighted by molar-refractivity contribution is -0.117. The van der Waals surface area contributed by atoms with Crippen LogP contribution in [-0.4, -0.2) is 17.9 Å². The molecule has 1 heterocycles. The monoisotopic (exact) mass is 380 g/mol. The van der Waals surface area contributed by atoms with Crippen LogP contribution in [0.3, 0.4) is 0 Å². The van der Waals surface area contributed by atoms with Crippen LogP contribution in [0.4, 0.5) is 5.69 Å². The number of carbonyl (C=O) groups excluding carboxylic acids is 2. The molecule has 2 rings (SSSR count). The maximum Gasteiger partial charge on any atom is 0.262 e. The average molecular weight is 381 g/mol. The van der Waals surface area contributed by atoms with Crippen LogP contribution in [-0.2, 0) is 4.79 Å². The van der Waals surface area contributed by atoms with Gasteiger partial charge < -0.3 is 10.6 Å². The van der Waals surface area contributed by atoms with Gasteiger partial charge in [-0.15, -0.1) is 11.3 Å². The van der Waals surface area contributed by atoms with E-state index in [9.17, 15) is 9.59 Å². The molecule has 0 aliphatic heterocycles. The number of aryl methyl sites for hydroxylation is 1. The zero-order chi connectivity index (χ0) is 16.3. The Bertz CT molecular complexity index is 712. The van der Waals surface area contributed by atoms with E-state index in [1.165, 1.54) is 11.3 Å². The molecular formula is C16H17BrN2O2S. The topological polar surface area (TPSA) is 58.2 Å². The third-order valence-corrected chi connectivity index (χ3v) is 5.02. The van der Waals surface area contributed by atoms with E-state index < -0.39 is 6.04 Å². The van der Waals surface area contributed by atoms with Crippen molar-refractivity contribution in [2.45, 2.75) is 26.8 Å². The summed E-state index contributed by atoms with van der Waals surface area (Å²) in [6.45, 7) is 5.61. The van der Waals surface area contributed by atoms with Gasteiger partial charge in [-0.25, -0.2) is 0 Å². The first-order valence-electron chi connectivity index (χ1n) is 6.81. The summed E-state index contributed by atoms with van der Waals surface area (Å²) in [6, 6.07) is 8.65. The molecule has 1 aromatic carbocycles. The van der Waals surface area contributed by atoms with E-state index in [4.69, 9.17) is 0 Å². The number of amides is 2. The number of carbonyl (C=O) groups is 2. The standard InChI is InChI=1S/C16H17BrN2O2S/c1-9-5-4-6-12(10(9)2)19-15(20)11(3)18-16(21)13-7-8-14(17)22-13/h4-8,11H,1-3H3,(H,18,21)(H,19,20). The van der Waals surface area contributed by atoms with Crippen LogP contribution >= 0.6 is 27.3 Å². The van der Waals surface area contributed by atoms with Crippen LogP contribution in [0.25, 0.3) is 0 Å². The first-order valence-corrected chi connectivity index (χ1v) is 8.42. The van der Waals surface area contributed by atoms with Crippen molar-refractivity contribution in [2.24, 2.45) is 0 Å². The summed E-state index contributed by atoms with van der Waals surface area (Å²) in [6.07, 6.45) is 0. The lowest BCUT2D eigenvalue weighted by atomic mass is 10.1. The van der Waals surface area contributed by atoms with Gasteiger partial charge in [0, 0.05) is 5.69 Å². The molecule has 0 spiro atoms. The Labute approximate surface area is 142 Å². The van der Waals surface area contributed by atoms with Crippen molar-refractivity contribution in [2.75, 3.05) is 5.32 Å². The minimum atomic E-state index is -0.617. The lowest BCUT2D eigenvalue weighted by Gasteiger charge is -2.15. The van der Waals surface area contributed by atoms with Crippen molar-refractivity contribution >= 4 is 44.8 Å². The number of nitrogens with one attached hydrogen (secondary N) is 2. The number of hydrogen-bond donors (Lipinski definition) is 2. The van der Waals surface area contributed by atoms with Crippen LogP contribution in [0, 0.1) is 13.8 Å². The minimum Gasteiger partial charge on any atom is -0.340 e. The molecule has 1 aromatic heterocycles. The van der Waals surface area contributed by atoms with E-state index in [1.807, 2.05) is 32.0 Å². The smallest absolute Gasteiger partial charge is 0.262 e. The van der Waals surface area contributed by atoms with Crippen molar-refractivity contribution in [1.29, 1.82) is 0 Å². The second kappa shape index (κ2) is 7.07. The van der Waals surface area contributed by atoms with Crippen LogP contribution < -0.4 is 10.6 Å². The van der Waals surface area contributed by atoms with Gasteiger partial charge in [0.2, 0.25) is 5.91 Å². The fourth-order valence-corrected chi connectivity index (χ4v) is 3.19. The summed E-state index contributed by atoms with van der Waals surface area (Å²) in [5.41, 5.74) is 2.90. The van der Waals surface area contributed by atoms with Gasteiger partial charge in [0.1, 0.15) is 6.04 Å². The molecule has 0 aliphatic rings. The van der Waals surface area contributed by atoms with E-state index in [-0.39, 0.29) is 11.8 Å². The summed E-state index contributed by atoms with van der Waals surface area (Å²) < 4.78 is 0.880. The van der Waals surface area contributed by atoms with Gasteiger partial charge in [-0.2, -0.15) is 0 Å². The molecule has 1 atom stereocenters. The highest BCUT2D eigenvalue weighted by Gasteiger charge is 2.18. The second-order valence-electron chi connectivity index (χ2n) is 5.04. The fraction of sp³-hybridized carbons (Fsp3) is 0.250. The highest BCUT2D eigenvalue weighted by molar-refractivity contribution is 9.11. The number of rotatable bonds is 4.